The van der Waals surface area contributed by atoms with Gasteiger partial charge < -0.3 is 15.5 Å². The largest absolute Gasteiger partial charge is 0.351 e. The molecule has 8 nitrogen and oxygen atoms in total. The molecule has 1 aliphatic carbocycles. The van der Waals surface area contributed by atoms with Crippen molar-refractivity contribution in [3.63, 3.8) is 0 Å². The minimum atomic E-state index is -1.08. The lowest BCUT2D eigenvalue weighted by Gasteiger charge is -2.41. The van der Waals surface area contributed by atoms with Crippen molar-refractivity contribution in [1.29, 1.82) is 0 Å². The fourth-order valence-electron chi connectivity index (χ4n) is 4.74. The summed E-state index contributed by atoms with van der Waals surface area (Å²) in [5.41, 5.74) is 2.26. The van der Waals surface area contributed by atoms with Crippen molar-refractivity contribution < 1.29 is 14.4 Å². The topological polar surface area (TPSA) is 96.3 Å². The zero-order chi connectivity index (χ0) is 24.5. The summed E-state index contributed by atoms with van der Waals surface area (Å²) in [4.78, 5) is 40.9. The number of benzene rings is 1. The minimum absolute atomic E-state index is 0.136. The van der Waals surface area contributed by atoms with Crippen LogP contribution >= 0.6 is 22.6 Å². The van der Waals surface area contributed by atoms with E-state index in [-0.39, 0.29) is 36.0 Å². The summed E-state index contributed by atoms with van der Waals surface area (Å²) >= 11 is 2.26. The highest BCUT2D eigenvalue weighted by Crippen LogP contribution is 2.28. The molecule has 1 fully saturated rings. The Bertz CT molecular complexity index is 1110. The quantitative estimate of drug-likeness (QED) is 0.318. The van der Waals surface area contributed by atoms with Crippen molar-refractivity contribution >= 4 is 46.0 Å². The predicted molar refractivity (Wildman–Crippen MR) is 139 cm³/mol. The highest BCUT2D eigenvalue weighted by molar-refractivity contribution is 14.1. The predicted octanol–water partition coefficient (Wildman–Crippen LogP) is 4.06. The number of aryl methyl sites for hydroxylation is 1. The number of hydrogen-bond donors (Lipinski definition) is 2. The standard InChI is InChI=1S/C25H32IN5O3/c1-16-10-11-19(17(12-16)14-26)28-22(32)20-13-21-23(33)30(3)25(2,15-31(21)29-20)24(34)27-18-8-6-4-5-7-9-18/h10-13,18H,4-9,14-15H2,1-3H3,(H,27,34)(H,28,32). The van der Waals surface area contributed by atoms with E-state index in [2.05, 4.69) is 38.3 Å². The third-order valence-corrected chi connectivity index (χ3v) is 7.89. The van der Waals surface area contributed by atoms with Crippen LogP contribution in [0.2, 0.25) is 0 Å². The molecule has 0 radical (unpaired) electrons. The summed E-state index contributed by atoms with van der Waals surface area (Å²) in [6.07, 6.45) is 6.55. The second kappa shape index (κ2) is 10.1. The van der Waals surface area contributed by atoms with Gasteiger partial charge in [-0.1, -0.05) is 66.0 Å². The number of nitrogens with zero attached hydrogens (tertiary/aromatic N) is 3. The first-order valence-electron chi connectivity index (χ1n) is 11.9. The van der Waals surface area contributed by atoms with Gasteiger partial charge in [0, 0.05) is 29.3 Å². The molecule has 4 rings (SSSR count). The summed E-state index contributed by atoms with van der Waals surface area (Å²) in [5.74, 6) is -0.870. The van der Waals surface area contributed by atoms with Gasteiger partial charge in [-0.15, -0.1) is 0 Å². The average Bonchev–Trinajstić information content (AvgIpc) is 3.07. The van der Waals surface area contributed by atoms with Crippen LogP contribution in [0.5, 0.6) is 0 Å². The zero-order valence-corrected chi connectivity index (χ0v) is 22.1. The van der Waals surface area contributed by atoms with E-state index in [1.165, 1.54) is 28.5 Å². The minimum Gasteiger partial charge on any atom is -0.351 e. The Kier molecular flexibility index (Phi) is 7.30. The van der Waals surface area contributed by atoms with Gasteiger partial charge in [0.2, 0.25) is 5.91 Å². The molecule has 0 saturated heterocycles. The number of alkyl halides is 1. The molecule has 1 aliphatic heterocycles. The van der Waals surface area contributed by atoms with E-state index in [9.17, 15) is 14.4 Å². The number of amides is 3. The highest BCUT2D eigenvalue weighted by atomic mass is 127. The van der Waals surface area contributed by atoms with E-state index in [0.29, 0.717) is 5.69 Å². The number of carbonyl (C=O) groups is 3. The lowest BCUT2D eigenvalue weighted by Crippen LogP contribution is -2.63. The lowest BCUT2D eigenvalue weighted by molar-refractivity contribution is -0.133. The van der Waals surface area contributed by atoms with Crippen molar-refractivity contribution in [3.05, 3.63) is 46.8 Å². The summed E-state index contributed by atoms with van der Waals surface area (Å²) < 4.78 is 2.25. The van der Waals surface area contributed by atoms with Gasteiger partial charge in [-0.05, 0) is 38.3 Å². The van der Waals surface area contributed by atoms with E-state index in [1.54, 1.807) is 14.0 Å². The Balaban J connectivity index is 1.53. The van der Waals surface area contributed by atoms with Crippen molar-refractivity contribution in [2.45, 2.75) is 74.9 Å². The van der Waals surface area contributed by atoms with Crippen LogP contribution in [0, 0.1) is 6.92 Å². The molecular formula is C25H32IN5O3. The third-order valence-electron chi connectivity index (χ3n) is 7.07. The number of anilines is 1. The van der Waals surface area contributed by atoms with E-state index in [0.717, 1.165) is 46.9 Å². The third kappa shape index (κ3) is 4.85. The van der Waals surface area contributed by atoms with Crippen molar-refractivity contribution in [2.24, 2.45) is 0 Å². The molecule has 1 aromatic heterocycles. The molecule has 182 valence electrons. The first-order chi connectivity index (χ1) is 16.2. The van der Waals surface area contributed by atoms with Crippen molar-refractivity contribution in [2.75, 3.05) is 12.4 Å². The number of rotatable bonds is 5. The summed E-state index contributed by atoms with van der Waals surface area (Å²) in [6, 6.07) is 7.51. The fraction of sp³-hybridized carbons (Fsp3) is 0.520. The summed E-state index contributed by atoms with van der Waals surface area (Å²) in [5, 5.41) is 10.5. The van der Waals surface area contributed by atoms with E-state index < -0.39 is 5.54 Å². The number of fused-ring (bicyclic) bond motifs is 1. The van der Waals surface area contributed by atoms with Gasteiger partial charge in [0.25, 0.3) is 11.8 Å². The molecule has 1 aromatic carbocycles. The Morgan fingerprint density at radius 2 is 1.88 bits per heavy atom. The highest BCUT2D eigenvalue weighted by Gasteiger charge is 2.46. The normalized spacial score (nSPS) is 21.1. The van der Waals surface area contributed by atoms with E-state index in [4.69, 9.17) is 0 Å². The van der Waals surface area contributed by atoms with Crippen molar-refractivity contribution in [3.8, 4) is 0 Å². The summed E-state index contributed by atoms with van der Waals surface area (Å²) in [6.45, 7) is 3.97. The van der Waals surface area contributed by atoms with Gasteiger partial charge in [0.1, 0.15) is 11.2 Å². The van der Waals surface area contributed by atoms with Gasteiger partial charge in [-0.3, -0.25) is 19.1 Å². The molecule has 2 aliphatic rings. The molecule has 0 spiro atoms. The molecule has 2 N–H and O–H groups in total. The Hall–Kier alpha value is -2.43. The number of aromatic nitrogens is 2. The molecule has 34 heavy (non-hydrogen) atoms. The second-order valence-corrected chi connectivity index (χ2v) is 10.4. The van der Waals surface area contributed by atoms with Gasteiger partial charge in [-0.25, -0.2) is 0 Å². The summed E-state index contributed by atoms with van der Waals surface area (Å²) in [7, 11) is 1.64. The maximum Gasteiger partial charge on any atom is 0.276 e. The number of carbonyl (C=O) groups excluding carboxylic acids is 3. The molecule has 1 saturated carbocycles. The second-order valence-electron chi connectivity index (χ2n) is 9.62. The fourth-order valence-corrected chi connectivity index (χ4v) is 5.38. The number of hydrogen-bond acceptors (Lipinski definition) is 4. The smallest absolute Gasteiger partial charge is 0.276 e. The van der Waals surface area contributed by atoms with Crippen LogP contribution in [-0.2, 0) is 15.8 Å². The molecule has 9 heteroatoms. The zero-order valence-electron chi connectivity index (χ0n) is 20.0. The molecular weight excluding hydrogens is 545 g/mol. The Morgan fingerprint density at radius 3 is 2.56 bits per heavy atom. The maximum absolute atomic E-state index is 13.3. The molecule has 1 unspecified atom stereocenters. The SMILES string of the molecule is Cc1ccc(NC(=O)c2cc3n(n2)CC(C)(C(=O)NC2CCCCCC2)N(C)C3=O)c(CI)c1. The van der Waals surface area contributed by atoms with Crippen LogP contribution in [0.3, 0.4) is 0 Å². The first-order valence-corrected chi connectivity index (χ1v) is 13.4. The molecule has 2 aromatic rings. The van der Waals surface area contributed by atoms with Crippen LogP contribution < -0.4 is 10.6 Å². The lowest BCUT2D eigenvalue weighted by atomic mass is 9.95. The van der Waals surface area contributed by atoms with E-state index in [1.807, 2.05) is 25.1 Å². The maximum atomic E-state index is 13.3. The van der Waals surface area contributed by atoms with Crippen LogP contribution in [0.4, 0.5) is 5.69 Å². The molecule has 3 amide bonds. The monoisotopic (exact) mass is 577 g/mol. The number of nitrogens with one attached hydrogen (secondary N) is 2. The number of likely N-dealkylation sites (N-methyl/N-ethyl adjacent to an activating group) is 1. The Morgan fingerprint density at radius 1 is 1.18 bits per heavy atom. The average molecular weight is 577 g/mol. The van der Waals surface area contributed by atoms with Crippen molar-refractivity contribution in [1.82, 2.24) is 20.0 Å². The molecule has 0 bridgehead atoms. The van der Waals surface area contributed by atoms with Crippen LogP contribution in [0.1, 0.15) is 77.6 Å². The van der Waals surface area contributed by atoms with Crippen LogP contribution in [0.25, 0.3) is 0 Å². The molecule has 1 atom stereocenters. The molecule has 2 heterocycles. The van der Waals surface area contributed by atoms with Gasteiger partial charge in [0.05, 0.1) is 6.54 Å². The van der Waals surface area contributed by atoms with E-state index >= 15 is 0 Å². The first kappa shape index (κ1) is 24.7. The van der Waals surface area contributed by atoms with Gasteiger partial charge in [0.15, 0.2) is 5.69 Å². The Labute approximate surface area is 214 Å². The van der Waals surface area contributed by atoms with Crippen LogP contribution in [-0.4, -0.2) is 51.0 Å². The number of halogens is 1. The van der Waals surface area contributed by atoms with Gasteiger partial charge >= 0.3 is 0 Å². The van der Waals surface area contributed by atoms with Crippen LogP contribution in [0.15, 0.2) is 24.3 Å². The van der Waals surface area contributed by atoms with Gasteiger partial charge in [-0.2, -0.15) is 5.10 Å².